The maximum atomic E-state index is 5.81. The monoisotopic (exact) mass is 869 g/mol. The molecule has 0 bridgehead atoms. The van der Waals surface area contributed by atoms with Crippen LogP contribution in [-0.4, -0.2) is 9.13 Å². The summed E-state index contributed by atoms with van der Waals surface area (Å²) in [6.07, 6.45) is 13.7. The average molecular weight is 869 g/mol. The molecular weight excluding hydrogens is 801 g/mol. The summed E-state index contributed by atoms with van der Waals surface area (Å²) >= 11 is 0. The van der Waals surface area contributed by atoms with E-state index in [4.69, 9.17) is 11.5 Å². The molecule has 0 radical (unpaired) electrons. The molecule has 1 aliphatic rings. The quantitative estimate of drug-likeness (QED) is 0.164. The van der Waals surface area contributed by atoms with Crippen molar-refractivity contribution in [3.05, 3.63) is 217 Å². The topological polar surface area (TPSA) is 61.9 Å². The van der Waals surface area contributed by atoms with Crippen molar-refractivity contribution < 1.29 is 0 Å². The van der Waals surface area contributed by atoms with Gasteiger partial charge in [0.1, 0.15) is 0 Å². The highest BCUT2D eigenvalue weighted by atomic mass is 15.0. The predicted octanol–water partition coefficient (Wildman–Crippen LogP) is 17.6. The van der Waals surface area contributed by atoms with E-state index in [1.54, 1.807) is 0 Å². The second kappa shape index (κ2) is 24.5. The van der Waals surface area contributed by atoms with Crippen LogP contribution in [0.15, 0.2) is 195 Å². The second-order valence-electron chi connectivity index (χ2n) is 15.1. The lowest BCUT2D eigenvalue weighted by Crippen LogP contribution is -1.96. The number of nitrogens with zero attached hydrogens (tertiary/aromatic N) is 2. The first-order valence-electron chi connectivity index (χ1n) is 23.4. The van der Waals surface area contributed by atoms with Crippen LogP contribution < -0.4 is 11.5 Å². The summed E-state index contributed by atoms with van der Waals surface area (Å²) in [6, 6.07) is 57.2. The summed E-state index contributed by atoms with van der Waals surface area (Å²) in [5.41, 5.74) is 28.8. The molecule has 0 amide bonds. The van der Waals surface area contributed by atoms with Crippen molar-refractivity contribution in [2.24, 2.45) is 7.05 Å². The highest BCUT2D eigenvalue weighted by Crippen LogP contribution is 2.37. The molecule has 4 heteroatoms. The Balaban J connectivity index is 0.000000212. The van der Waals surface area contributed by atoms with E-state index < -0.39 is 0 Å². The van der Waals surface area contributed by atoms with E-state index in [2.05, 4.69) is 181 Å². The molecule has 0 atom stereocenters. The molecule has 9 aromatic rings. The Kier molecular flexibility index (Phi) is 18.3. The summed E-state index contributed by atoms with van der Waals surface area (Å²) in [5.74, 6) is 0. The fraction of sp³-hybridized carbons (Fsp3) is 0.161. The molecule has 0 saturated heterocycles. The molecular formula is C62H68N4. The standard InChI is InChI=1S/C32H26N2.C17H15N.C7H9N.3C2H6/c1-4-11-25-27-18-16-23(21-32(27)34(29(25)5-2)24-12-7-6-8-13-24)22-17-19-31-28(20-22)26-14-9-10-15-30(26)33(31)3;18-17-7-3-6-16(12-17)15-10-8-14(9-11-15)13-4-1-2-5-13;1-6-4-2-3-5-7(6)8;3*1-2/h4-21H,2H2,1,3H3;1-4,6-12H,5,18H2;2-5H,8H2,1H3;3*1-2H3/b11-4-;;;;;. The lowest BCUT2D eigenvalue weighted by molar-refractivity contribution is 1.01. The number of aromatic nitrogens is 2. The van der Waals surface area contributed by atoms with Gasteiger partial charge >= 0.3 is 0 Å². The molecule has 0 unspecified atom stereocenters. The van der Waals surface area contributed by atoms with Crippen LogP contribution in [0.4, 0.5) is 11.4 Å². The summed E-state index contributed by atoms with van der Waals surface area (Å²) in [7, 11) is 2.14. The maximum absolute atomic E-state index is 5.81. The molecule has 4 N–H and O–H groups in total. The first-order valence-corrected chi connectivity index (χ1v) is 23.4. The van der Waals surface area contributed by atoms with Gasteiger partial charge in [-0.1, -0.05) is 188 Å². The van der Waals surface area contributed by atoms with Crippen molar-refractivity contribution in [2.45, 2.75) is 61.8 Å². The number of hydrogen-bond donors (Lipinski definition) is 2. The number of nitrogens with two attached hydrogens (primary N) is 2. The molecule has 0 aliphatic heterocycles. The summed E-state index contributed by atoms with van der Waals surface area (Å²) in [5, 5.41) is 3.81. The minimum Gasteiger partial charge on any atom is -0.399 e. The van der Waals surface area contributed by atoms with Gasteiger partial charge in [0.25, 0.3) is 0 Å². The van der Waals surface area contributed by atoms with E-state index in [1.807, 2.05) is 97.0 Å². The predicted molar refractivity (Wildman–Crippen MR) is 295 cm³/mol. The maximum Gasteiger partial charge on any atom is 0.0547 e. The summed E-state index contributed by atoms with van der Waals surface area (Å²) in [6.45, 7) is 20.2. The highest BCUT2D eigenvalue weighted by molar-refractivity contribution is 6.09. The largest absolute Gasteiger partial charge is 0.399 e. The van der Waals surface area contributed by atoms with Gasteiger partial charge in [-0.2, -0.15) is 0 Å². The van der Waals surface area contributed by atoms with Crippen LogP contribution in [0.1, 0.15) is 77.3 Å². The Morgan fingerprint density at radius 2 is 1.15 bits per heavy atom. The molecule has 0 fully saturated rings. The van der Waals surface area contributed by atoms with Crippen molar-refractivity contribution in [3.63, 3.8) is 0 Å². The van der Waals surface area contributed by atoms with Crippen molar-refractivity contribution in [1.29, 1.82) is 0 Å². The number of rotatable bonds is 6. The van der Waals surface area contributed by atoms with Gasteiger partial charge in [0, 0.05) is 56.9 Å². The van der Waals surface area contributed by atoms with Crippen LogP contribution in [0.3, 0.4) is 0 Å². The molecule has 1 aliphatic carbocycles. The number of benzene rings is 7. The molecule has 4 nitrogen and oxygen atoms in total. The van der Waals surface area contributed by atoms with Gasteiger partial charge in [0.15, 0.2) is 0 Å². The molecule has 336 valence electrons. The fourth-order valence-electron chi connectivity index (χ4n) is 8.10. The molecule has 0 saturated carbocycles. The minimum atomic E-state index is 0.805. The number of anilines is 2. The Morgan fingerprint density at radius 3 is 1.79 bits per heavy atom. The van der Waals surface area contributed by atoms with Crippen molar-refractivity contribution >= 4 is 61.8 Å². The van der Waals surface area contributed by atoms with Crippen LogP contribution in [0, 0.1) is 6.92 Å². The number of para-hydroxylation sites is 3. The second-order valence-corrected chi connectivity index (χ2v) is 15.1. The molecule has 66 heavy (non-hydrogen) atoms. The van der Waals surface area contributed by atoms with E-state index in [1.165, 1.54) is 71.7 Å². The number of nitrogen functional groups attached to an aromatic ring is 2. The first-order chi connectivity index (χ1) is 32.3. The molecule has 2 heterocycles. The van der Waals surface area contributed by atoms with Crippen LogP contribution in [0.5, 0.6) is 0 Å². The van der Waals surface area contributed by atoms with Gasteiger partial charge in [0.05, 0.1) is 11.2 Å². The van der Waals surface area contributed by atoms with Gasteiger partial charge in [-0.15, -0.1) is 0 Å². The third kappa shape index (κ3) is 11.2. The third-order valence-electron chi connectivity index (χ3n) is 11.3. The first kappa shape index (κ1) is 49.5. The van der Waals surface area contributed by atoms with Gasteiger partial charge < -0.3 is 20.6 Å². The minimum absolute atomic E-state index is 0.805. The van der Waals surface area contributed by atoms with Gasteiger partial charge in [0.2, 0.25) is 0 Å². The SMILES string of the molecule is C=Cc1c(/C=C\C)c2ccc(-c3ccc4c(c3)c3ccccc3n4C)cc2n1-c1ccccc1.CC.CC.CC.Cc1ccccc1N.Nc1cccc(-c2ccc(C3=CC=CC3)cc2)c1. The van der Waals surface area contributed by atoms with Gasteiger partial charge in [-0.05, 0) is 120 Å². The lowest BCUT2D eigenvalue weighted by Gasteiger charge is -2.10. The fourth-order valence-corrected chi connectivity index (χ4v) is 8.10. The van der Waals surface area contributed by atoms with Crippen LogP contribution in [0.2, 0.25) is 0 Å². The van der Waals surface area contributed by atoms with Crippen LogP contribution >= 0.6 is 0 Å². The molecule has 0 spiro atoms. The Bertz CT molecular complexity index is 3040. The zero-order chi connectivity index (χ0) is 47.6. The van der Waals surface area contributed by atoms with Crippen molar-refractivity contribution in [2.75, 3.05) is 11.5 Å². The highest BCUT2D eigenvalue weighted by Gasteiger charge is 2.16. The normalized spacial score (nSPS) is 11.2. The van der Waals surface area contributed by atoms with Gasteiger partial charge in [-0.25, -0.2) is 0 Å². The summed E-state index contributed by atoms with van der Waals surface area (Å²) in [4.78, 5) is 0. The van der Waals surface area contributed by atoms with Crippen LogP contribution in [-0.2, 0) is 7.05 Å². The smallest absolute Gasteiger partial charge is 0.0547 e. The van der Waals surface area contributed by atoms with E-state index in [9.17, 15) is 0 Å². The lowest BCUT2D eigenvalue weighted by atomic mass is 10.00. The van der Waals surface area contributed by atoms with E-state index in [0.717, 1.165) is 34.7 Å². The summed E-state index contributed by atoms with van der Waals surface area (Å²) < 4.78 is 4.59. The Hall–Kier alpha value is -7.56. The van der Waals surface area contributed by atoms with Crippen LogP contribution in [0.25, 0.3) is 78.4 Å². The van der Waals surface area contributed by atoms with E-state index in [-0.39, 0.29) is 0 Å². The van der Waals surface area contributed by atoms with Crippen molar-refractivity contribution in [1.82, 2.24) is 9.13 Å². The van der Waals surface area contributed by atoms with E-state index in [0.29, 0.717) is 0 Å². The molecule has 10 rings (SSSR count). The zero-order valence-electron chi connectivity index (χ0n) is 40.5. The Labute approximate surface area is 394 Å². The van der Waals surface area contributed by atoms with Crippen molar-refractivity contribution in [3.8, 4) is 27.9 Å². The number of hydrogen-bond acceptors (Lipinski definition) is 2. The number of fused-ring (bicyclic) bond motifs is 4. The third-order valence-corrected chi connectivity index (χ3v) is 11.3. The molecule has 7 aromatic carbocycles. The number of aryl methyl sites for hydroxylation is 2. The van der Waals surface area contributed by atoms with E-state index >= 15 is 0 Å². The average Bonchev–Trinajstić information content (AvgIpc) is 4.11. The van der Waals surface area contributed by atoms with Gasteiger partial charge in [-0.3, -0.25) is 0 Å². The molecule has 2 aromatic heterocycles. The zero-order valence-corrected chi connectivity index (χ0v) is 40.5. The Morgan fingerprint density at radius 1 is 0.545 bits per heavy atom. The number of allylic oxidation sites excluding steroid dienone is 5.